The summed E-state index contributed by atoms with van der Waals surface area (Å²) in [6.07, 6.45) is 8.73. The highest BCUT2D eigenvalue weighted by Crippen LogP contribution is 2.24. The van der Waals surface area contributed by atoms with Gasteiger partial charge in [-0.2, -0.15) is 0 Å². The van der Waals surface area contributed by atoms with Crippen LogP contribution >= 0.6 is 0 Å². The Kier molecular flexibility index (Phi) is 3.92. The van der Waals surface area contributed by atoms with Crippen molar-refractivity contribution in [1.29, 1.82) is 0 Å². The van der Waals surface area contributed by atoms with E-state index in [9.17, 15) is 0 Å². The van der Waals surface area contributed by atoms with E-state index in [4.69, 9.17) is 0 Å². The van der Waals surface area contributed by atoms with E-state index < -0.39 is 0 Å². The lowest BCUT2D eigenvalue weighted by atomic mass is 9.93. The smallest absolute Gasteiger partial charge is 0.00639 e. The third-order valence-corrected chi connectivity index (χ3v) is 3.06. The van der Waals surface area contributed by atoms with Gasteiger partial charge in [-0.3, -0.25) is 0 Å². The number of rotatable bonds is 2. The largest absolute Gasteiger partial charge is 0.317 e. The first-order valence-electron chi connectivity index (χ1n) is 5.02. The monoisotopic (exact) mass is 155 g/mol. The van der Waals surface area contributed by atoms with E-state index in [1.807, 2.05) is 0 Å². The Morgan fingerprint density at radius 3 is 2.09 bits per heavy atom. The molecule has 0 aromatic carbocycles. The maximum absolute atomic E-state index is 3.36. The van der Waals surface area contributed by atoms with Crippen LogP contribution in [-0.4, -0.2) is 13.1 Å². The van der Waals surface area contributed by atoms with Crippen molar-refractivity contribution in [2.75, 3.05) is 7.05 Å². The summed E-state index contributed by atoms with van der Waals surface area (Å²) in [5, 5.41) is 3.36. The van der Waals surface area contributed by atoms with Crippen LogP contribution in [0.5, 0.6) is 0 Å². The third-order valence-electron chi connectivity index (χ3n) is 3.06. The molecule has 1 rings (SSSR count). The molecular weight excluding hydrogens is 134 g/mol. The van der Waals surface area contributed by atoms with Crippen molar-refractivity contribution >= 4 is 0 Å². The molecule has 1 aliphatic carbocycles. The summed E-state index contributed by atoms with van der Waals surface area (Å²) >= 11 is 0. The Morgan fingerprint density at radius 1 is 1.09 bits per heavy atom. The quantitative estimate of drug-likeness (QED) is 0.604. The molecule has 0 amide bonds. The van der Waals surface area contributed by atoms with Crippen molar-refractivity contribution in [2.45, 2.75) is 51.5 Å². The van der Waals surface area contributed by atoms with Gasteiger partial charge in [0.1, 0.15) is 0 Å². The lowest BCUT2D eigenvalue weighted by Crippen LogP contribution is -2.30. The molecule has 11 heavy (non-hydrogen) atoms. The van der Waals surface area contributed by atoms with E-state index in [0.717, 1.165) is 12.0 Å². The summed E-state index contributed by atoms with van der Waals surface area (Å²) < 4.78 is 0. The number of hydrogen-bond acceptors (Lipinski definition) is 1. The van der Waals surface area contributed by atoms with Gasteiger partial charge in [0.2, 0.25) is 0 Å². The molecule has 1 heteroatoms. The van der Waals surface area contributed by atoms with E-state index in [1.54, 1.807) is 0 Å². The van der Waals surface area contributed by atoms with Crippen LogP contribution in [0.2, 0.25) is 0 Å². The SMILES string of the molecule is CN[C@H](C)C1CCCCCC1. The fourth-order valence-corrected chi connectivity index (χ4v) is 2.05. The second-order valence-corrected chi connectivity index (χ2v) is 3.83. The molecule has 66 valence electrons. The van der Waals surface area contributed by atoms with Gasteiger partial charge in [0.25, 0.3) is 0 Å². The summed E-state index contributed by atoms with van der Waals surface area (Å²) in [7, 11) is 2.08. The number of hydrogen-bond donors (Lipinski definition) is 1. The zero-order valence-electron chi connectivity index (χ0n) is 7.90. The summed E-state index contributed by atoms with van der Waals surface area (Å²) in [5.41, 5.74) is 0. The predicted octanol–water partition coefficient (Wildman–Crippen LogP) is 2.56. The molecule has 1 fully saturated rings. The summed E-state index contributed by atoms with van der Waals surface area (Å²) in [4.78, 5) is 0. The van der Waals surface area contributed by atoms with E-state index in [0.29, 0.717) is 0 Å². The van der Waals surface area contributed by atoms with E-state index in [1.165, 1.54) is 38.5 Å². The van der Waals surface area contributed by atoms with Crippen LogP contribution in [0.25, 0.3) is 0 Å². The minimum atomic E-state index is 0.730. The molecule has 1 nitrogen and oxygen atoms in total. The van der Waals surface area contributed by atoms with Crippen LogP contribution in [0.1, 0.15) is 45.4 Å². The Balaban J connectivity index is 2.30. The highest BCUT2D eigenvalue weighted by Gasteiger charge is 2.16. The van der Waals surface area contributed by atoms with Gasteiger partial charge in [-0.15, -0.1) is 0 Å². The normalized spacial score (nSPS) is 24.5. The molecule has 0 spiro atoms. The summed E-state index contributed by atoms with van der Waals surface area (Å²) in [5.74, 6) is 0.947. The highest BCUT2D eigenvalue weighted by atomic mass is 14.9. The summed E-state index contributed by atoms with van der Waals surface area (Å²) in [6.45, 7) is 2.32. The predicted molar refractivity (Wildman–Crippen MR) is 49.7 cm³/mol. The van der Waals surface area contributed by atoms with Crippen LogP contribution < -0.4 is 5.32 Å². The Labute approximate surface area is 70.6 Å². The third kappa shape index (κ3) is 2.82. The maximum Gasteiger partial charge on any atom is 0.00639 e. The molecule has 1 saturated carbocycles. The fraction of sp³-hybridized carbons (Fsp3) is 1.00. The molecule has 1 N–H and O–H groups in total. The molecule has 0 aromatic rings. The Bertz CT molecular complexity index is 93.0. The van der Waals surface area contributed by atoms with Crippen molar-refractivity contribution in [2.24, 2.45) is 5.92 Å². The average molecular weight is 155 g/mol. The second-order valence-electron chi connectivity index (χ2n) is 3.83. The van der Waals surface area contributed by atoms with Crippen molar-refractivity contribution in [3.05, 3.63) is 0 Å². The van der Waals surface area contributed by atoms with Gasteiger partial charge >= 0.3 is 0 Å². The zero-order valence-corrected chi connectivity index (χ0v) is 7.90. The number of nitrogens with one attached hydrogen (secondary N) is 1. The topological polar surface area (TPSA) is 12.0 Å². The molecular formula is C10H21N. The van der Waals surface area contributed by atoms with Gasteiger partial charge in [-0.1, -0.05) is 25.7 Å². The van der Waals surface area contributed by atoms with Gasteiger partial charge in [0, 0.05) is 6.04 Å². The van der Waals surface area contributed by atoms with E-state index >= 15 is 0 Å². The molecule has 0 aromatic heterocycles. The molecule has 0 bridgehead atoms. The lowest BCUT2D eigenvalue weighted by Gasteiger charge is -2.21. The van der Waals surface area contributed by atoms with Gasteiger partial charge < -0.3 is 5.32 Å². The van der Waals surface area contributed by atoms with Crippen molar-refractivity contribution < 1.29 is 0 Å². The van der Waals surface area contributed by atoms with E-state index in [2.05, 4.69) is 19.3 Å². The molecule has 1 aliphatic rings. The van der Waals surface area contributed by atoms with Gasteiger partial charge in [-0.05, 0) is 32.7 Å². The molecule has 0 radical (unpaired) electrons. The van der Waals surface area contributed by atoms with Gasteiger partial charge in [0.05, 0.1) is 0 Å². The second kappa shape index (κ2) is 4.76. The molecule has 0 aliphatic heterocycles. The van der Waals surface area contributed by atoms with Crippen molar-refractivity contribution in [3.63, 3.8) is 0 Å². The van der Waals surface area contributed by atoms with Crippen LogP contribution in [0.4, 0.5) is 0 Å². The molecule has 0 heterocycles. The fourth-order valence-electron chi connectivity index (χ4n) is 2.05. The van der Waals surface area contributed by atoms with Crippen molar-refractivity contribution in [3.8, 4) is 0 Å². The Hall–Kier alpha value is -0.0400. The minimum absolute atomic E-state index is 0.730. The standard InChI is InChI=1S/C10H21N/c1-9(11-2)10-7-5-3-4-6-8-10/h9-11H,3-8H2,1-2H3/t9-/m1/s1. The maximum atomic E-state index is 3.36. The highest BCUT2D eigenvalue weighted by molar-refractivity contribution is 4.73. The minimum Gasteiger partial charge on any atom is -0.317 e. The van der Waals surface area contributed by atoms with Crippen LogP contribution in [0.3, 0.4) is 0 Å². The van der Waals surface area contributed by atoms with Crippen LogP contribution in [0, 0.1) is 5.92 Å². The molecule has 0 saturated heterocycles. The summed E-state index contributed by atoms with van der Waals surface area (Å²) in [6, 6.07) is 0.730. The van der Waals surface area contributed by atoms with Crippen LogP contribution in [0.15, 0.2) is 0 Å². The average Bonchev–Trinajstić information content (AvgIpc) is 2.30. The van der Waals surface area contributed by atoms with Crippen LogP contribution in [-0.2, 0) is 0 Å². The molecule has 1 atom stereocenters. The van der Waals surface area contributed by atoms with Crippen molar-refractivity contribution in [1.82, 2.24) is 5.32 Å². The zero-order chi connectivity index (χ0) is 8.10. The first-order valence-corrected chi connectivity index (χ1v) is 5.02. The van der Waals surface area contributed by atoms with E-state index in [-0.39, 0.29) is 0 Å². The molecule has 0 unspecified atom stereocenters. The first kappa shape index (κ1) is 9.05. The van der Waals surface area contributed by atoms with Gasteiger partial charge in [-0.25, -0.2) is 0 Å². The Morgan fingerprint density at radius 2 is 1.64 bits per heavy atom. The first-order chi connectivity index (χ1) is 5.34. The van der Waals surface area contributed by atoms with Gasteiger partial charge in [0.15, 0.2) is 0 Å². The lowest BCUT2D eigenvalue weighted by molar-refractivity contribution is 0.354.